The molecule has 0 saturated heterocycles. The second-order valence-corrected chi connectivity index (χ2v) is 4.14. The molecule has 2 aromatic rings. The first-order valence-electron chi connectivity index (χ1n) is 5.63. The molecule has 1 aliphatic rings. The molecule has 0 unspecified atom stereocenters. The van der Waals surface area contributed by atoms with Crippen molar-refractivity contribution in [1.82, 2.24) is 25.3 Å². The molecule has 0 bridgehead atoms. The largest absolute Gasteiger partial charge is 0.353 e. The minimum Gasteiger partial charge on any atom is -0.353 e. The molecule has 1 aliphatic heterocycles. The third-order valence-electron chi connectivity index (χ3n) is 2.69. The summed E-state index contributed by atoms with van der Waals surface area (Å²) in [5, 5.41) is 4.91. The number of hydrogen-bond donors (Lipinski definition) is 3. The lowest BCUT2D eigenvalue weighted by atomic mass is 10.2. The van der Waals surface area contributed by atoms with Crippen LogP contribution < -0.4 is 27.0 Å². The van der Waals surface area contributed by atoms with Crippen LogP contribution in [0.2, 0.25) is 0 Å². The summed E-state index contributed by atoms with van der Waals surface area (Å²) in [7, 11) is 0. The van der Waals surface area contributed by atoms with Gasteiger partial charge in [0.2, 0.25) is 0 Å². The molecule has 0 atom stereocenters. The van der Waals surface area contributed by atoms with Crippen molar-refractivity contribution in [2.75, 3.05) is 0 Å². The van der Waals surface area contributed by atoms with E-state index in [0.29, 0.717) is 0 Å². The smallest absolute Gasteiger partial charge is 0.154 e. The van der Waals surface area contributed by atoms with Crippen molar-refractivity contribution in [2.24, 2.45) is 0 Å². The molecular weight excluding hydrogens is 226 g/mol. The van der Waals surface area contributed by atoms with Gasteiger partial charge < -0.3 is 15.3 Å². The maximum Gasteiger partial charge on any atom is 0.154 e. The molecule has 90 valence electrons. The summed E-state index contributed by atoms with van der Waals surface area (Å²) in [6.07, 6.45) is 8.28. The van der Waals surface area contributed by atoms with E-state index in [1.165, 1.54) is 0 Å². The van der Waals surface area contributed by atoms with Gasteiger partial charge in [0.05, 0.1) is 34.5 Å². The number of nitrogens with one attached hydrogen (secondary N) is 3. The summed E-state index contributed by atoms with van der Waals surface area (Å²) in [5.41, 5.74) is 3.50. The zero-order valence-corrected chi connectivity index (χ0v) is 9.83. The van der Waals surface area contributed by atoms with Crippen molar-refractivity contribution in [1.29, 1.82) is 0 Å². The van der Waals surface area contributed by atoms with Crippen LogP contribution in [0.25, 0.3) is 24.6 Å². The molecule has 0 saturated carbocycles. The fourth-order valence-corrected chi connectivity index (χ4v) is 1.85. The number of aromatic amines is 2. The third-order valence-corrected chi connectivity index (χ3v) is 2.69. The van der Waals surface area contributed by atoms with Crippen molar-refractivity contribution in [3.8, 4) is 0 Å². The van der Waals surface area contributed by atoms with E-state index >= 15 is 0 Å². The Morgan fingerprint density at radius 2 is 1.67 bits per heavy atom. The summed E-state index contributed by atoms with van der Waals surface area (Å²) < 4.78 is 0. The molecule has 0 fully saturated rings. The first kappa shape index (κ1) is 10.6. The maximum atomic E-state index is 4.26. The summed E-state index contributed by atoms with van der Waals surface area (Å²) in [6, 6.07) is 0. The molecule has 0 aliphatic carbocycles. The number of imidazole rings is 2. The second-order valence-electron chi connectivity index (χ2n) is 4.14. The number of H-pyrrole nitrogens is 2. The summed E-state index contributed by atoms with van der Waals surface area (Å²) in [5.74, 6) is 0. The van der Waals surface area contributed by atoms with Crippen LogP contribution in [0.5, 0.6) is 0 Å². The van der Waals surface area contributed by atoms with Gasteiger partial charge in [0.15, 0.2) is 5.48 Å². The zero-order chi connectivity index (χ0) is 12.5. The van der Waals surface area contributed by atoms with E-state index in [4.69, 9.17) is 0 Å². The predicted molar refractivity (Wildman–Crippen MR) is 70.4 cm³/mol. The van der Waals surface area contributed by atoms with E-state index in [1.807, 2.05) is 6.08 Å². The van der Waals surface area contributed by atoms with E-state index in [1.54, 1.807) is 12.4 Å². The van der Waals surface area contributed by atoms with Gasteiger partial charge in [-0.3, -0.25) is 0 Å². The van der Waals surface area contributed by atoms with Gasteiger partial charge in [-0.25, -0.2) is 9.97 Å². The Morgan fingerprint density at radius 1 is 1.00 bits per heavy atom. The summed E-state index contributed by atoms with van der Waals surface area (Å²) in [6.45, 7) is 7.61. The molecule has 0 aromatic carbocycles. The average molecular weight is 239 g/mol. The highest BCUT2D eigenvalue weighted by molar-refractivity contribution is 5.66. The van der Waals surface area contributed by atoms with Gasteiger partial charge in [0, 0.05) is 6.42 Å². The summed E-state index contributed by atoms with van der Waals surface area (Å²) >= 11 is 0. The Kier molecular flexibility index (Phi) is 2.37. The van der Waals surface area contributed by atoms with E-state index in [0.717, 1.165) is 39.5 Å². The van der Waals surface area contributed by atoms with Crippen LogP contribution in [0.4, 0.5) is 0 Å². The van der Waals surface area contributed by atoms with Crippen molar-refractivity contribution in [2.45, 2.75) is 6.42 Å². The third kappa shape index (κ3) is 1.86. The second kappa shape index (κ2) is 4.03. The van der Waals surface area contributed by atoms with Crippen LogP contribution in [0.1, 0.15) is 6.42 Å². The van der Waals surface area contributed by atoms with Crippen molar-refractivity contribution >= 4 is 24.6 Å². The molecule has 3 N–H and O–H groups in total. The van der Waals surface area contributed by atoms with E-state index in [-0.39, 0.29) is 0 Å². The lowest BCUT2D eigenvalue weighted by Crippen LogP contribution is -2.29. The van der Waals surface area contributed by atoms with Crippen LogP contribution in [0.3, 0.4) is 0 Å². The van der Waals surface area contributed by atoms with E-state index < -0.39 is 0 Å². The molecule has 5 nitrogen and oxygen atoms in total. The maximum absolute atomic E-state index is 4.26. The summed E-state index contributed by atoms with van der Waals surface area (Å²) in [4.78, 5) is 14.7. The number of rotatable bonds is 0. The van der Waals surface area contributed by atoms with Gasteiger partial charge in [-0.1, -0.05) is 19.2 Å². The molecule has 0 radical (unpaired) electrons. The van der Waals surface area contributed by atoms with E-state index in [2.05, 4.69) is 44.5 Å². The molecule has 2 aromatic heterocycles. The van der Waals surface area contributed by atoms with Crippen LogP contribution >= 0.6 is 0 Å². The fourth-order valence-electron chi connectivity index (χ4n) is 1.85. The molecule has 3 heterocycles. The lowest BCUT2D eigenvalue weighted by molar-refractivity contribution is 1.02. The first-order valence-corrected chi connectivity index (χ1v) is 5.63. The van der Waals surface area contributed by atoms with Gasteiger partial charge in [0.1, 0.15) is 5.48 Å². The van der Waals surface area contributed by atoms with Crippen LogP contribution in [0.15, 0.2) is 24.5 Å². The Bertz CT molecular complexity index is 821. The highest BCUT2D eigenvalue weighted by atomic mass is 15.0. The lowest BCUT2D eigenvalue weighted by Gasteiger charge is -2.12. The van der Waals surface area contributed by atoms with Gasteiger partial charge in [-0.05, 0) is 6.08 Å². The fraction of sp³-hybridized carbons (Fsp3) is 0.0769. The Balaban J connectivity index is 2.15. The van der Waals surface area contributed by atoms with Crippen LogP contribution in [-0.4, -0.2) is 19.9 Å². The van der Waals surface area contributed by atoms with Crippen LogP contribution in [0, 0.1) is 0 Å². The van der Waals surface area contributed by atoms with Gasteiger partial charge in [-0.15, -0.1) is 0 Å². The minimum absolute atomic E-state index is 0.773. The Labute approximate surface area is 103 Å². The molecule has 0 amide bonds. The molecular formula is C13H13N5. The van der Waals surface area contributed by atoms with Crippen molar-refractivity contribution < 1.29 is 0 Å². The van der Waals surface area contributed by atoms with Crippen molar-refractivity contribution in [3.05, 3.63) is 46.2 Å². The normalized spacial score (nSPS) is 20.9. The average Bonchev–Trinajstić information content (AvgIpc) is 2.98. The Morgan fingerprint density at radius 3 is 2.28 bits per heavy atom. The molecule has 18 heavy (non-hydrogen) atoms. The monoisotopic (exact) mass is 239 g/mol. The van der Waals surface area contributed by atoms with Crippen molar-refractivity contribution in [3.63, 3.8) is 0 Å². The number of aromatic nitrogens is 4. The molecule has 3 rings (SSSR count). The highest BCUT2D eigenvalue weighted by Gasteiger charge is 2.07. The predicted octanol–water partition coefficient (Wildman–Crippen LogP) is -1.58. The first-order chi connectivity index (χ1) is 8.72. The minimum atomic E-state index is 0.773. The van der Waals surface area contributed by atoms with E-state index in [9.17, 15) is 0 Å². The van der Waals surface area contributed by atoms with Gasteiger partial charge in [0.25, 0.3) is 0 Å². The van der Waals surface area contributed by atoms with Gasteiger partial charge in [-0.2, -0.15) is 0 Å². The van der Waals surface area contributed by atoms with Crippen LogP contribution in [-0.2, 0) is 0 Å². The Hall–Kier alpha value is -2.56. The SMILES string of the molecule is C=c1cnc(=C2C=CCC(=c3ncc(=C)[nH]3)N2)[nH]1. The highest BCUT2D eigenvalue weighted by Crippen LogP contribution is 2.08. The number of nitrogens with zero attached hydrogens (tertiary/aromatic N) is 2. The molecule has 0 spiro atoms. The standard InChI is InChI=1S/C13H13N5/c1-8-6-14-12(16-8)10-4-3-5-11(18-10)13-15-7-9(2)17-13/h3-4,6-7,16-18H,1-2,5H2. The number of hydrogen-bond acceptors (Lipinski definition) is 3. The van der Waals surface area contributed by atoms with Gasteiger partial charge >= 0.3 is 0 Å². The zero-order valence-electron chi connectivity index (χ0n) is 9.83. The topological polar surface area (TPSA) is 69.4 Å². The quantitative estimate of drug-likeness (QED) is 0.520. The molecule has 5 heteroatoms.